The molecule has 2 fully saturated rings. The Balaban J connectivity index is 1.46. The highest BCUT2D eigenvalue weighted by Gasteiger charge is 2.32. The average Bonchev–Trinajstić information content (AvgIpc) is 3.11. The molecule has 1 saturated carbocycles. The highest BCUT2D eigenvalue weighted by Crippen LogP contribution is 2.32. The second-order valence-corrected chi connectivity index (χ2v) is 8.94. The molecule has 2 heterocycles. The van der Waals surface area contributed by atoms with Gasteiger partial charge in [0, 0.05) is 32.0 Å². The van der Waals surface area contributed by atoms with Crippen molar-refractivity contribution in [1.82, 2.24) is 14.9 Å². The molecule has 29 heavy (non-hydrogen) atoms. The third kappa shape index (κ3) is 5.10. The molecule has 4 rings (SSSR count). The van der Waals surface area contributed by atoms with Crippen LogP contribution in [0.5, 0.6) is 5.75 Å². The zero-order valence-corrected chi connectivity index (χ0v) is 17.4. The van der Waals surface area contributed by atoms with Crippen LogP contribution in [-0.2, 0) is 11.2 Å². The topological polar surface area (TPSA) is 78.4 Å². The molecule has 0 radical (unpaired) electrons. The molecule has 2 atom stereocenters. The number of carbonyl (C=O) groups is 1. The van der Waals surface area contributed by atoms with E-state index in [2.05, 4.69) is 9.88 Å². The van der Waals surface area contributed by atoms with Gasteiger partial charge in [0.25, 0.3) is 0 Å². The molecule has 0 amide bonds. The van der Waals surface area contributed by atoms with Gasteiger partial charge in [-0.2, -0.15) is 0 Å². The number of benzene rings is 1. The monoisotopic (exact) mass is 399 g/mol. The summed E-state index contributed by atoms with van der Waals surface area (Å²) in [7, 11) is 1.66. The van der Waals surface area contributed by atoms with Gasteiger partial charge in [-0.3, -0.25) is 4.79 Å². The van der Waals surface area contributed by atoms with Gasteiger partial charge in [0.1, 0.15) is 11.6 Å². The first-order valence-electron chi connectivity index (χ1n) is 11.1. The number of imidazole rings is 1. The van der Waals surface area contributed by atoms with Crippen LogP contribution in [0.1, 0.15) is 50.8 Å². The number of likely N-dealkylation sites (tertiary alicyclic amines) is 1. The Labute approximate surface area is 172 Å². The van der Waals surface area contributed by atoms with E-state index in [9.17, 15) is 9.90 Å². The number of nitrogens with zero attached hydrogens (tertiary/aromatic N) is 2. The number of piperidine rings is 1. The molecule has 1 aliphatic carbocycles. The van der Waals surface area contributed by atoms with Crippen LogP contribution < -0.4 is 4.74 Å². The van der Waals surface area contributed by atoms with E-state index < -0.39 is 5.97 Å². The number of ether oxygens (including phenoxy) is 1. The van der Waals surface area contributed by atoms with Crippen LogP contribution >= 0.6 is 0 Å². The lowest BCUT2D eigenvalue weighted by atomic mass is 9.80. The fraction of sp³-hybridized carbons (Fsp3) is 0.652. The van der Waals surface area contributed by atoms with Gasteiger partial charge in [-0.1, -0.05) is 19.3 Å². The predicted octanol–water partition coefficient (Wildman–Crippen LogP) is 4.11. The van der Waals surface area contributed by atoms with Crippen molar-refractivity contribution in [1.29, 1.82) is 0 Å². The number of hydrogen-bond acceptors (Lipinski definition) is 4. The van der Waals surface area contributed by atoms with Gasteiger partial charge in [0.15, 0.2) is 0 Å². The molecule has 0 bridgehead atoms. The van der Waals surface area contributed by atoms with E-state index in [0.29, 0.717) is 5.92 Å². The van der Waals surface area contributed by atoms with E-state index in [1.54, 1.807) is 7.11 Å². The standard InChI is InChI=1S/C23H33N3O3/c1-29-19-7-8-20-21(13-19)25-22(24-20)11-18-15-26(10-9-17(18)12-23(27)28)14-16-5-3-2-4-6-16/h7-8,13,16-18H,2-6,9-12,14-15H2,1H3,(H,24,25)(H,27,28)/t17-,18-/m0/s1. The Kier molecular flexibility index (Phi) is 6.38. The lowest BCUT2D eigenvalue weighted by Crippen LogP contribution is -2.44. The fourth-order valence-electron chi connectivity index (χ4n) is 5.29. The van der Waals surface area contributed by atoms with Gasteiger partial charge < -0.3 is 19.7 Å². The van der Waals surface area contributed by atoms with Crippen LogP contribution in [0.15, 0.2) is 18.2 Å². The van der Waals surface area contributed by atoms with Crippen molar-refractivity contribution in [3.8, 4) is 5.75 Å². The number of rotatable bonds is 7. The van der Waals surface area contributed by atoms with Crippen LogP contribution in [0.4, 0.5) is 0 Å². The third-order valence-corrected chi connectivity index (χ3v) is 6.85. The Morgan fingerprint density at radius 2 is 2.07 bits per heavy atom. The number of aromatic nitrogens is 2. The van der Waals surface area contributed by atoms with E-state index in [4.69, 9.17) is 9.72 Å². The number of hydrogen-bond donors (Lipinski definition) is 2. The summed E-state index contributed by atoms with van der Waals surface area (Å²) in [6.45, 7) is 3.19. The zero-order chi connectivity index (χ0) is 20.2. The maximum atomic E-state index is 11.4. The van der Waals surface area contributed by atoms with Crippen molar-refractivity contribution in [3.63, 3.8) is 0 Å². The van der Waals surface area contributed by atoms with Crippen molar-refractivity contribution < 1.29 is 14.6 Å². The van der Waals surface area contributed by atoms with Gasteiger partial charge >= 0.3 is 5.97 Å². The first-order chi connectivity index (χ1) is 14.1. The molecule has 0 unspecified atom stereocenters. The maximum absolute atomic E-state index is 11.4. The van der Waals surface area contributed by atoms with Crippen LogP contribution in [0.25, 0.3) is 11.0 Å². The summed E-state index contributed by atoms with van der Waals surface area (Å²) >= 11 is 0. The molecule has 6 nitrogen and oxygen atoms in total. The van der Waals surface area contributed by atoms with E-state index in [1.807, 2.05) is 18.2 Å². The Hall–Kier alpha value is -2.08. The van der Waals surface area contributed by atoms with Crippen molar-refractivity contribution in [3.05, 3.63) is 24.0 Å². The molecule has 0 spiro atoms. The Morgan fingerprint density at radius 1 is 1.24 bits per heavy atom. The maximum Gasteiger partial charge on any atom is 0.303 e. The lowest BCUT2D eigenvalue weighted by molar-refractivity contribution is -0.139. The van der Waals surface area contributed by atoms with Gasteiger partial charge in [-0.15, -0.1) is 0 Å². The van der Waals surface area contributed by atoms with E-state index in [1.165, 1.54) is 38.6 Å². The van der Waals surface area contributed by atoms with E-state index in [-0.39, 0.29) is 12.3 Å². The van der Waals surface area contributed by atoms with Crippen LogP contribution in [-0.4, -0.2) is 52.7 Å². The molecule has 1 aliphatic heterocycles. The van der Waals surface area contributed by atoms with E-state index in [0.717, 1.165) is 54.5 Å². The van der Waals surface area contributed by atoms with Crippen molar-refractivity contribution in [2.45, 2.75) is 51.4 Å². The molecular weight excluding hydrogens is 366 g/mol. The van der Waals surface area contributed by atoms with E-state index >= 15 is 0 Å². The first kappa shape index (κ1) is 20.2. The molecule has 158 valence electrons. The fourth-order valence-corrected chi connectivity index (χ4v) is 5.29. The molecule has 1 aromatic carbocycles. The largest absolute Gasteiger partial charge is 0.497 e. The minimum atomic E-state index is -0.685. The summed E-state index contributed by atoms with van der Waals surface area (Å²) in [4.78, 5) is 22.2. The lowest BCUT2D eigenvalue weighted by Gasteiger charge is -2.40. The number of H-pyrrole nitrogens is 1. The molecule has 2 N–H and O–H groups in total. The minimum absolute atomic E-state index is 0.220. The average molecular weight is 400 g/mol. The summed E-state index contributed by atoms with van der Waals surface area (Å²) in [6.07, 6.45) is 8.86. The highest BCUT2D eigenvalue weighted by molar-refractivity contribution is 5.76. The predicted molar refractivity (Wildman–Crippen MR) is 113 cm³/mol. The second-order valence-electron chi connectivity index (χ2n) is 8.94. The molecule has 2 aromatic rings. The van der Waals surface area contributed by atoms with Gasteiger partial charge in [0.05, 0.1) is 18.1 Å². The zero-order valence-electron chi connectivity index (χ0n) is 17.4. The molecule has 1 saturated heterocycles. The number of nitrogens with one attached hydrogen (secondary N) is 1. The van der Waals surface area contributed by atoms with Crippen LogP contribution in [0.3, 0.4) is 0 Å². The molecule has 6 heteroatoms. The summed E-state index contributed by atoms with van der Waals surface area (Å²) in [5, 5.41) is 9.40. The normalized spacial score (nSPS) is 24.0. The summed E-state index contributed by atoms with van der Waals surface area (Å²) < 4.78 is 5.31. The Morgan fingerprint density at radius 3 is 2.83 bits per heavy atom. The molecular formula is C23H33N3O3. The number of aliphatic carboxylic acids is 1. The third-order valence-electron chi connectivity index (χ3n) is 6.85. The number of carboxylic acid groups (broad SMARTS) is 1. The summed E-state index contributed by atoms with van der Waals surface area (Å²) in [6, 6.07) is 5.86. The molecule has 1 aromatic heterocycles. The second kappa shape index (κ2) is 9.16. The first-order valence-corrected chi connectivity index (χ1v) is 11.1. The van der Waals surface area contributed by atoms with Crippen LogP contribution in [0.2, 0.25) is 0 Å². The quantitative estimate of drug-likeness (QED) is 0.733. The SMILES string of the molecule is COc1ccc2nc(C[C@H]3CN(CC4CCCCC4)CC[C@H]3CC(=O)O)[nH]c2c1. The van der Waals surface area contributed by atoms with Gasteiger partial charge in [0.2, 0.25) is 0 Å². The summed E-state index contributed by atoms with van der Waals surface area (Å²) in [5.41, 5.74) is 1.91. The van der Waals surface area contributed by atoms with Gasteiger partial charge in [-0.05, 0) is 55.7 Å². The van der Waals surface area contributed by atoms with Crippen LogP contribution in [0, 0.1) is 17.8 Å². The highest BCUT2D eigenvalue weighted by atomic mass is 16.5. The number of methoxy groups -OCH3 is 1. The molecule has 2 aliphatic rings. The summed E-state index contributed by atoms with van der Waals surface area (Å²) in [5.74, 6) is 2.44. The van der Waals surface area contributed by atoms with Gasteiger partial charge in [-0.25, -0.2) is 4.98 Å². The van der Waals surface area contributed by atoms with Crippen molar-refractivity contribution in [2.75, 3.05) is 26.7 Å². The number of fused-ring (bicyclic) bond motifs is 1. The Bertz CT molecular complexity index is 828. The number of carboxylic acids is 1. The smallest absolute Gasteiger partial charge is 0.303 e. The van der Waals surface area contributed by atoms with Crippen molar-refractivity contribution in [2.24, 2.45) is 17.8 Å². The van der Waals surface area contributed by atoms with Crippen molar-refractivity contribution >= 4 is 17.0 Å². The number of aromatic amines is 1. The minimum Gasteiger partial charge on any atom is -0.497 e.